The number of likely N-dealkylation sites (N-methyl/N-ethyl adjacent to an activating group) is 1. The molecule has 1 aromatic heterocycles. The van der Waals surface area contributed by atoms with Crippen molar-refractivity contribution in [2.45, 2.75) is 25.9 Å². The maximum atomic E-state index is 11.6. The number of nitrogens with one attached hydrogen (secondary N) is 1. The van der Waals surface area contributed by atoms with Crippen molar-refractivity contribution in [2.24, 2.45) is 0 Å². The summed E-state index contributed by atoms with van der Waals surface area (Å²) in [6.07, 6.45) is 3.55. The van der Waals surface area contributed by atoms with Gasteiger partial charge >= 0.3 is 0 Å². The number of carbonyl (C=O) groups is 2. The van der Waals surface area contributed by atoms with Crippen LogP contribution in [0.2, 0.25) is 0 Å². The van der Waals surface area contributed by atoms with Gasteiger partial charge in [-0.15, -0.1) is 0 Å². The van der Waals surface area contributed by atoms with Crippen molar-refractivity contribution in [1.29, 1.82) is 0 Å². The van der Waals surface area contributed by atoms with Crippen LogP contribution in [0.3, 0.4) is 0 Å². The molecule has 2 rings (SSSR count). The Bertz CT molecular complexity index is 443. The third kappa shape index (κ3) is 2.47. The molecule has 1 aliphatic rings. The number of hydrogen-bond acceptors (Lipinski definition) is 5. The van der Waals surface area contributed by atoms with Crippen molar-refractivity contribution in [1.82, 2.24) is 20.2 Å². The fraction of sp³-hybridized carbons (Fsp3) is 0.455. The van der Waals surface area contributed by atoms with Gasteiger partial charge in [-0.25, -0.2) is 0 Å². The minimum absolute atomic E-state index is 0.150. The fourth-order valence-electron chi connectivity index (χ4n) is 1.65. The average Bonchev–Trinajstić information content (AvgIpc) is 2.56. The summed E-state index contributed by atoms with van der Waals surface area (Å²) in [7, 11) is 1.50. The topological polar surface area (TPSA) is 75.2 Å². The number of imide groups is 1. The van der Waals surface area contributed by atoms with Crippen LogP contribution in [-0.4, -0.2) is 39.8 Å². The number of aromatic nitrogens is 2. The number of nitrogens with zero attached hydrogens (tertiary/aromatic N) is 3. The summed E-state index contributed by atoms with van der Waals surface area (Å²) < 4.78 is 0. The van der Waals surface area contributed by atoms with Crippen LogP contribution in [0.4, 0.5) is 0 Å². The monoisotopic (exact) mass is 234 g/mol. The molecule has 0 spiro atoms. The van der Waals surface area contributed by atoms with E-state index in [9.17, 15) is 9.59 Å². The van der Waals surface area contributed by atoms with Gasteiger partial charge in [-0.1, -0.05) is 0 Å². The zero-order valence-corrected chi connectivity index (χ0v) is 9.80. The highest BCUT2D eigenvalue weighted by Crippen LogP contribution is 2.10. The van der Waals surface area contributed by atoms with E-state index in [0.717, 1.165) is 16.3 Å². The highest BCUT2D eigenvalue weighted by molar-refractivity contribution is 6.05. The van der Waals surface area contributed by atoms with E-state index in [1.54, 1.807) is 12.4 Å². The fourth-order valence-corrected chi connectivity index (χ4v) is 1.65. The molecule has 0 radical (unpaired) electrons. The maximum Gasteiger partial charge on any atom is 0.246 e. The first-order chi connectivity index (χ1) is 8.08. The van der Waals surface area contributed by atoms with Crippen molar-refractivity contribution < 1.29 is 9.59 Å². The third-order valence-corrected chi connectivity index (χ3v) is 2.75. The summed E-state index contributed by atoms with van der Waals surface area (Å²) in [6.45, 7) is 2.29. The lowest BCUT2D eigenvalue weighted by atomic mass is 10.2. The lowest BCUT2D eigenvalue weighted by Crippen LogP contribution is -2.36. The second-order valence-electron chi connectivity index (χ2n) is 4.08. The molecule has 6 nitrogen and oxygen atoms in total. The summed E-state index contributed by atoms with van der Waals surface area (Å²) in [5.41, 5.74) is 1.60. The Kier molecular flexibility index (Phi) is 3.14. The van der Waals surface area contributed by atoms with Crippen LogP contribution < -0.4 is 5.32 Å². The second-order valence-corrected chi connectivity index (χ2v) is 4.08. The number of aryl methyl sites for hydroxylation is 1. The maximum absolute atomic E-state index is 11.6. The number of likely N-dealkylation sites (tertiary alicyclic amines) is 1. The van der Waals surface area contributed by atoms with Crippen molar-refractivity contribution in [3.05, 3.63) is 23.8 Å². The Labute approximate surface area is 99.1 Å². The number of carbonyl (C=O) groups excluding carboxylic acids is 2. The Morgan fingerprint density at radius 3 is 2.71 bits per heavy atom. The Morgan fingerprint density at radius 2 is 2.18 bits per heavy atom. The molecule has 1 N–H and O–H groups in total. The van der Waals surface area contributed by atoms with Gasteiger partial charge in [-0.3, -0.25) is 29.8 Å². The van der Waals surface area contributed by atoms with Crippen molar-refractivity contribution in [3.8, 4) is 0 Å². The molecule has 0 saturated carbocycles. The van der Waals surface area contributed by atoms with Gasteiger partial charge in [0.15, 0.2) is 0 Å². The molecule has 90 valence electrons. The molecule has 1 aliphatic heterocycles. The molecule has 0 aromatic carbocycles. The van der Waals surface area contributed by atoms with Crippen molar-refractivity contribution in [3.63, 3.8) is 0 Å². The molecular formula is C11H14N4O2. The van der Waals surface area contributed by atoms with Gasteiger partial charge in [-0.2, -0.15) is 0 Å². The number of amides is 2. The predicted molar refractivity (Wildman–Crippen MR) is 59.8 cm³/mol. The van der Waals surface area contributed by atoms with Gasteiger partial charge in [0.2, 0.25) is 11.8 Å². The first kappa shape index (κ1) is 11.7. The Balaban J connectivity index is 1.93. The SMILES string of the molecule is Cc1cnc(CNC2CC(=O)N(C)C2=O)cn1. The average molecular weight is 234 g/mol. The van der Waals surface area contributed by atoms with Gasteiger partial charge in [0.25, 0.3) is 0 Å². The highest BCUT2D eigenvalue weighted by atomic mass is 16.2. The van der Waals surface area contributed by atoms with E-state index < -0.39 is 6.04 Å². The Hall–Kier alpha value is -1.82. The van der Waals surface area contributed by atoms with Crippen LogP contribution in [0.15, 0.2) is 12.4 Å². The van der Waals surface area contributed by atoms with Gasteiger partial charge in [0.05, 0.1) is 23.9 Å². The molecule has 1 atom stereocenters. The predicted octanol–water partition coefficient (Wildman–Crippen LogP) is -0.368. The normalized spacial score (nSPS) is 20.1. The molecule has 0 bridgehead atoms. The minimum atomic E-state index is -0.435. The van der Waals surface area contributed by atoms with Gasteiger partial charge in [0.1, 0.15) is 0 Å². The quantitative estimate of drug-likeness (QED) is 0.722. The lowest BCUT2D eigenvalue weighted by molar-refractivity contribution is -0.137. The molecule has 17 heavy (non-hydrogen) atoms. The minimum Gasteiger partial charge on any atom is -0.300 e. The van der Waals surface area contributed by atoms with Crippen LogP contribution >= 0.6 is 0 Å². The van der Waals surface area contributed by atoms with Crippen LogP contribution in [-0.2, 0) is 16.1 Å². The molecule has 2 amide bonds. The number of hydrogen-bond donors (Lipinski definition) is 1. The molecular weight excluding hydrogens is 220 g/mol. The van der Waals surface area contributed by atoms with Crippen LogP contribution in [0.25, 0.3) is 0 Å². The van der Waals surface area contributed by atoms with Crippen LogP contribution in [0.5, 0.6) is 0 Å². The van der Waals surface area contributed by atoms with Crippen LogP contribution in [0.1, 0.15) is 17.8 Å². The van der Waals surface area contributed by atoms with Crippen molar-refractivity contribution in [2.75, 3.05) is 7.05 Å². The van der Waals surface area contributed by atoms with E-state index in [-0.39, 0.29) is 18.2 Å². The Morgan fingerprint density at radius 1 is 1.41 bits per heavy atom. The summed E-state index contributed by atoms with van der Waals surface area (Å²) in [6, 6.07) is -0.435. The van der Waals surface area contributed by atoms with E-state index in [1.165, 1.54) is 7.05 Å². The molecule has 1 aromatic rings. The third-order valence-electron chi connectivity index (χ3n) is 2.75. The highest BCUT2D eigenvalue weighted by Gasteiger charge is 2.35. The largest absolute Gasteiger partial charge is 0.300 e. The smallest absolute Gasteiger partial charge is 0.246 e. The van der Waals surface area contributed by atoms with E-state index in [2.05, 4.69) is 15.3 Å². The summed E-state index contributed by atoms with van der Waals surface area (Å²) in [5, 5.41) is 3.01. The summed E-state index contributed by atoms with van der Waals surface area (Å²) >= 11 is 0. The molecule has 1 unspecified atom stereocenters. The number of rotatable bonds is 3. The molecule has 1 fully saturated rings. The molecule has 6 heteroatoms. The van der Waals surface area contributed by atoms with Gasteiger partial charge in [-0.05, 0) is 6.92 Å². The van der Waals surface area contributed by atoms with Gasteiger partial charge < -0.3 is 0 Å². The van der Waals surface area contributed by atoms with E-state index in [4.69, 9.17) is 0 Å². The standard InChI is InChI=1S/C11H14N4O2/c1-7-4-13-8(5-12-7)6-14-9-3-10(16)15(2)11(9)17/h4-5,9,14H,3,6H2,1-2H3. The molecule has 0 aliphatic carbocycles. The summed E-state index contributed by atoms with van der Waals surface area (Å²) in [4.78, 5) is 32.3. The molecule has 2 heterocycles. The first-order valence-corrected chi connectivity index (χ1v) is 5.39. The van der Waals surface area contributed by atoms with Crippen molar-refractivity contribution >= 4 is 11.8 Å². The van der Waals surface area contributed by atoms with E-state index >= 15 is 0 Å². The van der Waals surface area contributed by atoms with Crippen LogP contribution in [0, 0.1) is 6.92 Å². The van der Waals surface area contributed by atoms with Gasteiger partial charge in [0, 0.05) is 26.0 Å². The zero-order chi connectivity index (χ0) is 12.4. The first-order valence-electron chi connectivity index (χ1n) is 5.39. The van der Waals surface area contributed by atoms with E-state index in [0.29, 0.717) is 6.54 Å². The van der Waals surface area contributed by atoms with E-state index in [1.807, 2.05) is 6.92 Å². The summed E-state index contributed by atoms with van der Waals surface area (Å²) in [5.74, 6) is -0.336. The molecule has 1 saturated heterocycles. The zero-order valence-electron chi connectivity index (χ0n) is 9.80. The lowest BCUT2D eigenvalue weighted by Gasteiger charge is -2.10. The second kappa shape index (κ2) is 4.58.